The normalized spacial score (nSPS) is 19.6. The molecule has 0 aliphatic heterocycles. The molecule has 3 rings (SSSR count). The van der Waals surface area contributed by atoms with Crippen LogP contribution in [0.3, 0.4) is 0 Å². The van der Waals surface area contributed by atoms with Crippen molar-refractivity contribution >= 4 is 27.3 Å². The van der Waals surface area contributed by atoms with E-state index in [9.17, 15) is 13.2 Å². The zero-order chi connectivity index (χ0) is 16.6. The van der Waals surface area contributed by atoms with Gasteiger partial charge in [0.2, 0.25) is 0 Å². The number of rotatable bonds is 4. The highest BCUT2D eigenvalue weighted by Gasteiger charge is 2.38. The van der Waals surface area contributed by atoms with Gasteiger partial charge in [-0.25, -0.2) is 8.42 Å². The quantitative estimate of drug-likeness (QED) is 0.827. The van der Waals surface area contributed by atoms with E-state index >= 15 is 0 Å². The van der Waals surface area contributed by atoms with Crippen molar-refractivity contribution in [1.29, 1.82) is 0 Å². The van der Waals surface area contributed by atoms with Crippen LogP contribution in [-0.2, 0) is 9.84 Å². The van der Waals surface area contributed by atoms with Crippen LogP contribution in [0.25, 0.3) is 0 Å². The molecule has 0 radical (unpaired) electrons. The summed E-state index contributed by atoms with van der Waals surface area (Å²) in [6.45, 7) is 0. The first-order chi connectivity index (χ1) is 10.9. The molecule has 1 aromatic rings. The Morgan fingerprint density at radius 2 is 1.70 bits per heavy atom. The van der Waals surface area contributed by atoms with Crippen molar-refractivity contribution in [3.05, 3.63) is 28.8 Å². The van der Waals surface area contributed by atoms with Crippen LogP contribution in [0.5, 0.6) is 0 Å². The number of carbonyl (C=O) groups excluding carboxylic acids is 1. The lowest BCUT2D eigenvalue weighted by Crippen LogP contribution is -2.43. The van der Waals surface area contributed by atoms with Gasteiger partial charge in [0.15, 0.2) is 9.84 Å². The van der Waals surface area contributed by atoms with E-state index in [1.807, 2.05) is 4.90 Å². The topological polar surface area (TPSA) is 54.5 Å². The van der Waals surface area contributed by atoms with E-state index in [0.29, 0.717) is 17.6 Å². The second-order valence-corrected chi connectivity index (χ2v) is 9.04. The van der Waals surface area contributed by atoms with Gasteiger partial charge in [-0.05, 0) is 43.9 Å². The van der Waals surface area contributed by atoms with Crippen LogP contribution in [0.4, 0.5) is 0 Å². The fourth-order valence-electron chi connectivity index (χ4n) is 3.41. The molecule has 0 N–H and O–H groups in total. The van der Waals surface area contributed by atoms with Crippen LogP contribution < -0.4 is 0 Å². The lowest BCUT2D eigenvalue weighted by molar-refractivity contribution is 0.0614. The minimum Gasteiger partial charge on any atom is -0.333 e. The van der Waals surface area contributed by atoms with Gasteiger partial charge in [-0.1, -0.05) is 30.9 Å². The number of hydrogen-bond donors (Lipinski definition) is 0. The van der Waals surface area contributed by atoms with Crippen molar-refractivity contribution in [3.63, 3.8) is 0 Å². The van der Waals surface area contributed by atoms with Gasteiger partial charge in [0.1, 0.15) is 0 Å². The summed E-state index contributed by atoms with van der Waals surface area (Å²) in [5.74, 6) is -0.0547. The van der Waals surface area contributed by atoms with E-state index in [0.717, 1.165) is 44.8 Å². The molecule has 0 heterocycles. The molecule has 6 heteroatoms. The molecule has 0 saturated heterocycles. The summed E-state index contributed by atoms with van der Waals surface area (Å²) in [7, 11) is -3.45. The summed E-state index contributed by atoms with van der Waals surface area (Å²) in [6.07, 6.45) is 8.88. The Morgan fingerprint density at radius 1 is 1.09 bits per heavy atom. The number of sulfone groups is 1. The first kappa shape index (κ1) is 16.8. The molecule has 0 unspecified atom stereocenters. The van der Waals surface area contributed by atoms with Crippen molar-refractivity contribution in [2.24, 2.45) is 0 Å². The smallest absolute Gasteiger partial charge is 0.254 e. The molecular weight excluding hydrogens is 334 g/mol. The average Bonchev–Trinajstić information content (AvgIpc) is 3.32. The van der Waals surface area contributed by atoms with Crippen LogP contribution in [-0.4, -0.2) is 37.6 Å². The van der Waals surface area contributed by atoms with Crippen molar-refractivity contribution in [3.8, 4) is 0 Å². The molecular formula is C17H22ClNO3S. The molecule has 0 aromatic heterocycles. The monoisotopic (exact) mass is 355 g/mol. The number of nitrogens with zero attached hydrogens (tertiary/aromatic N) is 1. The van der Waals surface area contributed by atoms with Gasteiger partial charge in [0.25, 0.3) is 5.91 Å². The zero-order valence-corrected chi connectivity index (χ0v) is 14.9. The predicted molar refractivity (Wildman–Crippen MR) is 90.6 cm³/mol. The Hall–Kier alpha value is -1.07. The van der Waals surface area contributed by atoms with Gasteiger partial charge in [0.05, 0.1) is 9.92 Å². The Bertz CT molecular complexity index is 707. The van der Waals surface area contributed by atoms with Crippen LogP contribution >= 0.6 is 11.6 Å². The second kappa shape index (κ2) is 6.44. The standard InChI is InChI=1S/C17H22ClNO3S/c1-23(21,22)16-11-12(7-10-15(16)18)17(20)19(14-8-9-14)13-5-3-2-4-6-13/h7,10-11,13-14H,2-6,8-9H2,1H3. The Labute approximate surface area is 142 Å². The van der Waals surface area contributed by atoms with Crippen LogP contribution in [0.2, 0.25) is 5.02 Å². The van der Waals surface area contributed by atoms with Gasteiger partial charge in [0, 0.05) is 23.9 Å². The fraction of sp³-hybridized carbons (Fsp3) is 0.588. The number of halogens is 1. The summed E-state index contributed by atoms with van der Waals surface area (Å²) in [5.41, 5.74) is 0.423. The Kier molecular flexibility index (Phi) is 4.70. The average molecular weight is 356 g/mol. The lowest BCUT2D eigenvalue weighted by atomic mass is 9.93. The molecule has 2 saturated carbocycles. The number of carbonyl (C=O) groups is 1. The van der Waals surface area contributed by atoms with Crippen molar-refractivity contribution < 1.29 is 13.2 Å². The summed E-state index contributed by atoms with van der Waals surface area (Å²) in [6, 6.07) is 5.19. The summed E-state index contributed by atoms with van der Waals surface area (Å²) < 4.78 is 23.7. The summed E-state index contributed by atoms with van der Waals surface area (Å²) in [5, 5.41) is 0.166. The highest BCUT2D eigenvalue weighted by Crippen LogP contribution is 2.35. The molecule has 2 aliphatic rings. The molecule has 126 valence electrons. The molecule has 1 aromatic carbocycles. The van der Waals surface area contributed by atoms with E-state index < -0.39 is 9.84 Å². The maximum Gasteiger partial charge on any atom is 0.254 e. The van der Waals surface area contributed by atoms with E-state index in [2.05, 4.69) is 0 Å². The molecule has 2 aliphatic carbocycles. The molecule has 23 heavy (non-hydrogen) atoms. The highest BCUT2D eigenvalue weighted by atomic mass is 35.5. The lowest BCUT2D eigenvalue weighted by Gasteiger charge is -2.34. The van der Waals surface area contributed by atoms with Crippen molar-refractivity contribution in [1.82, 2.24) is 4.90 Å². The Balaban J connectivity index is 1.91. The maximum absolute atomic E-state index is 13.0. The summed E-state index contributed by atoms with van der Waals surface area (Å²) >= 11 is 5.98. The fourth-order valence-corrected chi connectivity index (χ4v) is 4.71. The van der Waals surface area contributed by atoms with Gasteiger partial charge in [-0.2, -0.15) is 0 Å². The first-order valence-corrected chi connectivity index (χ1v) is 10.5. The van der Waals surface area contributed by atoms with E-state index in [1.54, 1.807) is 6.07 Å². The molecule has 4 nitrogen and oxygen atoms in total. The highest BCUT2D eigenvalue weighted by molar-refractivity contribution is 7.90. The summed E-state index contributed by atoms with van der Waals surface area (Å²) in [4.78, 5) is 15.0. The SMILES string of the molecule is CS(=O)(=O)c1cc(C(=O)N(C2CCCCC2)C2CC2)ccc1Cl. The van der Waals surface area contributed by atoms with Crippen LogP contribution in [0.15, 0.2) is 23.1 Å². The number of benzene rings is 1. The van der Waals surface area contributed by atoms with E-state index in [1.165, 1.54) is 18.6 Å². The van der Waals surface area contributed by atoms with Gasteiger partial charge >= 0.3 is 0 Å². The molecule has 1 amide bonds. The molecule has 2 fully saturated rings. The predicted octanol–water partition coefficient (Wildman–Crippen LogP) is 3.68. The van der Waals surface area contributed by atoms with Gasteiger partial charge in [-0.15, -0.1) is 0 Å². The second-order valence-electron chi connectivity index (χ2n) is 6.65. The molecule has 0 spiro atoms. The van der Waals surface area contributed by atoms with Gasteiger partial charge in [-0.3, -0.25) is 4.79 Å². The third-order valence-corrected chi connectivity index (χ3v) is 6.30. The zero-order valence-electron chi connectivity index (χ0n) is 13.3. The third-order valence-electron chi connectivity index (χ3n) is 4.72. The van der Waals surface area contributed by atoms with Crippen LogP contribution in [0, 0.1) is 0 Å². The van der Waals surface area contributed by atoms with E-state index in [4.69, 9.17) is 11.6 Å². The van der Waals surface area contributed by atoms with Crippen molar-refractivity contribution in [2.45, 2.75) is 61.9 Å². The number of hydrogen-bond acceptors (Lipinski definition) is 3. The third kappa shape index (κ3) is 3.72. The molecule has 0 bridgehead atoms. The minimum absolute atomic E-state index is 0.0319. The van der Waals surface area contributed by atoms with Gasteiger partial charge < -0.3 is 4.90 Å². The Morgan fingerprint density at radius 3 is 2.26 bits per heavy atom. The largest absolute Gasteiger partial charge is 0.333 e. The van der Waals surface area contributed by atoms with E-state index in [-0.39, 0.29) is 15.8 Å². The van der Waals surface area contributed by atoms with Crippen LogP contribution in [0.1, 0.15) is 55.3 Å². The van der Waals surface area contributed by atoms with Crippen molar-refractivity contribution in [2.75, 3.05) is 6.26 Å². The minimum atomic E-state index is -3.45. The first-order valence-electron chi connectivity index (χ1n) is 8.20. The maximum atomic E-state index is 13.0. The number of amides is 1. The molecule has 0 atom stereocenters.